The fourth-order valence-electron chi connectivity index (χ4n) is 7.71. The predicted octanol–water partition coefficient (Wildman–Crippen LogP) is 7.51. The topological polar surface area (TPSA) is 38.7 Å². The van der Waals surface area contributed by atoms with Crippen LogP contribution in [0.2, 0.25) is 36.3 Å². The Morgan fingerprint density at radius 3 is 1.87 bits per heavy atom. The van der Waals surface area contributed by atoms with E-state index in [1.54, 1.807) is 0 Å². The van der Waals surface area contributed by atoms with Crippen molar-refractivity contribution in [1.29, 1.82) is 0 Å². The molecule has 182 valence electrons. The highest BCUT2D eigenvalue weighted by Crippen LogP contribution is 2.55. The van der Waals surface area contributed by atoms with E-state index in [0.717, 1.165) is 32.1 Å². The summed E-state index contributed by atoms with van der Waals surface area (Å²) >= 11 is 0. The first-order valence-corrected chi connectivity index (χ1v) is 19.0. The van der Waals surface area contributed by atoms with Gasteiger partial charge in [-0.05, 0) is 93.0 Å². The van der Waals surface area contributed by atoms with E-state index in [2.05, 4.69) is 41.5 Å². The molecule has 0 aromatic rings. The van der Waals surface area contributed by atoms with Gasteiger partial charge in [0.2, 0.25) is 0 Å². The van der Waals surface area contributed by atoms with Crippen molar-refractivity contribution in [3.63, 3.8) is 0 Å². The smallest absolute Gasteiger partial charge is 0.192 e. The van der Waals surface area contributed by atoms with E-state index in [9.17, 15) is 5.11 Å². The van der Waals surface area contributed by atoms with E-state index >= 15 is 0 Å². The van der Waals surface area contributed by atoms with E-state index in [0.29, 0.717) is 23.9 Å². The quantitative estimate of drug-likeness (QED) is 0.337. The van der Waals surface area contributed by atoms with Gasteiger partial charge in [-0.25, -0.2) is 0 Å². The van der Waals surface area contributed by atoms with Gasteiger partial charge in [0.25, 0.3) is 0 Å². The molecule has 1 N–H and O–H groups in total. The lowest BCUT2D eigenvalue weighted by Gasteiger charge is -2.58. The SMILES string of the molecule is CC[Si](CC)(CC)O[C@H]1CC[C@@H]2CC[C@H](O[Si](CC)(CC)CC)[C@@H]3[C@@H](CCC[C@]23O)C1. The summed E-state index contributed by atoms with van der Waals surface area (Å²) < 4.78 is 14.2. The second-order valence-electron chi connectivity index (χ2n) is 11.1. The zero-order valence-electron chi connectivity index (χ0n) is 21.5. The molecule has 3 aliphatic rings. The van der Waals surface area contributed by atoms with Crippen LogP contribution in [0.4, 0.5) is 0 Å². The lowest BCUT2D eigenvalue weighted by atomic mass is 9.54. The highest BCUT2D eigenvalue weighted by atomic mass is 28.4. The fourth-order valence-corrected chi connectivity index (χ4v) is 13.5. The monoisotopic (exact) mass is 468 g/mol. The van der Waals surface area contributed by atoms with Crippen LogP contribution < -0.4 is 0 Å². The molecule has 0 heterocycles. The summed E-state index contributed by atoms with van der Waals surface area (Å²) in [4.78, 5) is 0. The summed E-state index contributed by atoms with van der Waals surface area (Å²) in [6.07, 6.45) is 9.93. The summed E-state index contributed by atoms with van der Waals surface area (Å²) in [5.41, 5.74) is -0.485. The Hall–Kier alpha value is 0.314. The molecule has 0 unspecified atom stereocenters. The summed E-state index contributed by atoms with van der Waals surface area (Å²) in [5.74, 6) is 1.36. The van der Waals surface area contributed by atoms with Gasteiger partial charge in [-0.3, -0.25) is 0 Å². The number of aliphatic hydroxyl groups is 1. The fraction of sp³-hybridized carbons (Fsp3) is 1.00. The Morgan fingerprint density at radius 2 is 1.29 bits per heavy atom. The third kappa shape index (κ3) is 5.06. The van der Waals surface area contributed by atoms with Crippen molar-refractivity contribution in [2.75, 3.05) is 0 Å². The van der Waals surface area contributed by atoms with Crippen molar-refractivity contribution in [3.05, 3.63) is 0 Å². The largest absolute Gasteiger partial charge is 0.414 e. The third-order valence-corrected chi connectivity index (χ3v) is 19.6. The first-order chi connectivity index (χ1) is 14.8. The van der Waals surface area contributed by atoms with Crippen molar-refractivity contribution in [2.45, 2.75) is 147 Å². The van der Waals surface area contributed by atoms with E-state index < -0.39 is 22.2 Å². The molecular formula is C26H52O3Si2. The molecule has 0 aliphatic heterocycles. The molecule has 0 spiro atoms. The molecule has 0 amide bonds. The molecule has 0 aromatic carbocycles. The molecule has 4 bridgehead atoms. The Morgan fingerprint density at radius 1 is 0.742 bits per heavy atom. The highest BCUT2D eigenvalue weighted by Gasteiger charge is 2.57. The van der Waals surface area contributed by atoms with Crippen LogP contribution in [-0.4, -0.2) is 39.6 Å². The first-order valence-electron chi connectivity index (χ1n) is 13.9. The van der Waals surface area contributed by atoms with Crippen LogP contribution in [0.15, 0.2) is 0 Å². The van der Waals surface area contributed by atoms with Crippen LogP contribution >= 0.6 is 0 Å². The minimum absolute atomic E-state index is 0.280. The van der Waals surface area contributed by atoms with Crippen LogP contribution in [0.5, 0.6) is 0 Å². The maximum Gasteiger partial charge on any atom is 0.192 e. The Bertz CT molecular complexity index is 546. The average molecular weight is 469 g/mol. The van der Waals surface area contributed by atoms with Gasteiger partial charge in [-0.1, -0.05) is 48.0 Å². The Balaban J connectivity index is 1.87. The van der Waals surface area contributed by atoms with Crippen molar-refractivity contribution >= 4 is 16.6 Å². The van der Waals surface area contributed by atoms with Crippen LogP contribution in [-0.2, 0) is 8.85 Å². The molecule has 3 nitrogen and oxygen atoms in total. The normalized spacial score (nSPS) is 36.7. The van der Waals surface area contributed by atoms with Gasteiger partial charge < -0.3 is 14.0 Å². The summed E-state index contributed by atoms with van der Waals surface area (Å²) in [6.45, 7) is 14.1. The number of hydrogen-bond donors (Lipinski definition) is 1. The second kappa shape index (κ2) is 10.7. The molecule has 5 heteroatoms. The lowest BCUT2D eigenvalue weighted by Crippen LogP contribution is -2.62. The zero-order chi connectivity index (χ0) is 22.7. The molecule has 3 fully saturated rings. The molecule has 31 heavy (non-hydrogen) atoms. The minimum atomic E-state index is -1.68. The molecule has 0 radical (unpaired) electrons. The summed E-state index contributed by atoms with van der Waals surface area (Å²) in [7, 11) is -3.28. The second-order valence-corrected chi connectivity index (χ2v) is 20.6. The van der Waals surface area contributed by atoms with Crippen molar-refractivity contribution in [1.82, 2.24) is 0 Å². The third-order valence-electron chi connectivity index (χ3n) is 10.2. The molecule has 3 rings (SSSR count). The van der Waals surface area contributed by atoms with Gasteiger partial charge in [0.05, 0.1) is 11.7 Å². The van der Waals surface area contributed by atoms with Gasteiger partial charge in [-0.15, -0.1) is 0 Å². The van der Waals surface area contributed by atoms with Gasteiger partial charge in [-0.2, -0.15) is 0 Å². The van der Waals surface area contributed by atoms with Crippen molar-refractivity contribution in [3.8, 4) is 0 Å². The van der Waals surface area contributed by atoms with Gasteiger partial charge in [0, 0.05) is 12.0 Å². The lowest BCUT2D eigenvalue weighted by molar-refractivity contribution is -0.189. The van der Waals surface area contributed by atoms with Gasteiger partial charge in [0.1, 0.15) is 0 Å². The maximum atomic E-state index is 12.1. The molecule has 3 aliphatic carbocycles. The van der Waals surface area contributed by atoms with E-state index in [1.165, 1.54) is 55.5 Å². The zero-order valence-corrected chi connectivity index (χ0v) is 23.5. The molecule has 3 saturated carbocycles. The van der Waals surface area contributed by atoms with E-state index in [1.807, 2.05) is 0 Å². The van der Waals surface area contributed by atoms with E-state index in [-0.39, 0.29) is 6.10 Å². The first kappa shape index (κ1) is 25.9. The summed E-state index contributed by atoms with van der Waals surface area (Å²) in [6, 6.07) is 7.33. The predicted molar refractivity (Wildman–Crippen MR) is 136 cm³/mol. The van der Waals surface area contributed by atoms with Crippen LogP contribution in [0.25, 0.3) is 0 Å². The maximum absolute atomic E-state index is 12.1. The Kier molecular flexibility index (Phi) is 8.96. The molecule has 0 aromatic heterocycles. The van der Waals surface area contributed by atoms with Crippen LogP contribution in [0.1, 0.15) is 92.9 Å². The highest BCUT2D eigenvalue weighted by molar-refractivity contribution is 6.74. The van der Waals surface area contributed by atoms with Gasteiger partial charge in [0.15, 0.2) is 16.6 Å². The number of hydrogen-bond acceptors (Lipinski definition) is 3. The summed E-state index contributed by atoms with van der Waals surface area (Å²) in [5, 5.41) is 12.1. The number of rotatable bonds is 10. The minimum Gasteiger partial charge on any atom is -0.414 e. The van der Waals surface area contributed by atoms with Crippen molar-refractivity contribution in [2.24, 2.45) is 17.8 Å². The van der Waals surface area contributed by atoms with Gasteiger partial charge >= 0.3 is 0 Å². The average Bonchev–Trinajstić information content (AvgIpc) is 2.80. The molecule has 6 atom stereocenters. The molecule has 0 saturated heterocycles. The van der Waals surface area contributed by atoms with Crippen molar-refractivity contribution < 1.29 is 14.0 Å². The standard InChI is InChI=1S/C26H52O3Si2/c1-7-30(8-2,9-3)28-23-17-15-22-16-18-24(29-31(10-4,11-5)12-6)25-21(20-23)14-13-19-26(22,25)27/h21-25,27H,7-20H2,1-6H3/t21-,22+,23-,24-,25-,26-/m0/s1. The van der Waals surface area contributed by atoms with E-state index in [4.69, 9.17) is 8.85 Å². The van der Waals surface area contributed by atoms with Crippen LogP contribution in [0, 0.1) is 17.8 Å². The van der Waals surface area contributed by atoms with Crippen LogP contribution in [0.3, 0.4) is 0 Å². The molecular weight excluding hydrogens is 416 g/mol. The Labute approximate surface area is 195 Å².